The van der Waals surface area contributed by atoms with Crippen LogP contribution in [0.15, 0.2) is 84.9 Å². The molecule has 5 rings (SSSR count). The van der Waals surface area contributed by atoms with Crippen LogP contribution in [-0.2, 0) is 12.0 Å². The van der Waals surface area contributed by atoms with Crippen molar-refractivity contribution in [2.45, 2.75) is 38.3 Å². The van der Waals surface area contributed by atoms with Crippen molar-refractivity contribution in [3.8, 4) is 17.2 Å². The molecule has 1 aliphatic heterocycles. The Balaban J connectivity index is 1.56. The molecule has 0 unspecified atom stereocenters. The second-order valence-corrected chi connectivity index (χ2v) is 10.0. The van der Waals surface area contributed by atoms with Gasteiger partial charge in [0.1, 0.15) is 35.0 Å². The molecule has 1 aliphatic rings. The maximum Gasteiger partial charge on any atom is 0.252 e. The van der Waals surface area contributed by atoms with E-state index >= 15 is 0 Å². The first-order chi connectivity index (χ1) is 16.7. The quantitative estimate of drug-likeness (QED) is 0.379. The molecule has 0 aromatic heterocycles. The number of fused-ring (bicyclic) bond motifs is 3. The summed E-state index contributed by atoms with van der Waals surface area (Å²) in [6, 6.07) is 26.4. The molecule has 0 saturated carbocycles. The minimum Gasteiger partial charge on any atom is -0.507 e. The Kier molecular flexibility index (Phi) is 5.64. The third-order valence-electron chi connectivity index (χ3n) is 6.19. The molecule has 35 heavy (non-hydrogen) atoms. The summed E-state index contributed by atoms with van der Waals surface area (Å²) in [5.41, 5.74) is 1.22. The summed E-state index contributed by atoms with van der Waals surface area (Å²) in [6.45, 7) is 6.30. The zero-order chi connectivity index (χ0) is 24.6. The first-order valence-electron chi connectivity index (χ1n) is 11.8. The Morgan fingerprint density at radius 1 is 0.971 bits per heavy atom. The van der Waals surface area contributed by atoms with Crippen molar-refractivity contribution in [2.24, 2.45) is 0 Å². The second kappa shape index (κ2) is 8.66. The van der Waals surface area contributed by atoms with Gasteiger partial charge in [-0.1, -0.05) is 54.6 Å². The summed E-state index contributed by atoms with van der Waals surface area (Å²) in [7, 11) is 0. The smallest absolute Gasteiger partial charge is 0.252 e. The average molecular weight is 468 g/mol. The molecule has 4 aromatic rings. The van der Waals surface area contributed by atoms with Crippen LogP contribution in [0.2, 0.25) is 0 Å². The summed E-state index contributed by atoms with van der Waals surface area (Å²) in [4.78, 5) is 13.3. The van der Waals surface area contributed by atoms with Gasteiger partial charge >= 0.3 is 0 Å². The summed E-state index contributed by atoms with van der Waals surface area (Å²) in [5.74, 6) is 1.45. The number of hydrogen-bond acceptors (Lipinski definition) is 4. The average Bonchev–Trinajstić information content (AvgIpc) is 3.18. The van der Waals surface area contributed by atoms with Crippen LogP contribution in [0.5, 0.6) is 17.2 Å². The topological polar surface area (TPSA) is 67.8 Å². The lowest BCUT2D eigenvalue weighted by molar-refractivity contribution is 0.0876. The molecule has 0 fully saturated rings. The van der Waals surface area contributed by atoms with E-state index in [0.29, 0.717) is 17.7 Å². The van der Waals surface area contributed by atoms with Crippen molar-refractivity contribution in [3.05, 3.63) is 102 Å². The maximum absolute atomic E-state index is 13.3. The summed E-state index contributed by atoms with van der Waals surface area (Å²) in [5, 5.41) is 15.6. The number of carbonyl (C=O) groups is 1. The lowest BCUT2D eigenvalue weighted by Crippen LogP contribution is -2.49. The first-order valence-corrected chi connectivity index (χ1v) is 11.8. The van der Waals surface area contributed by atoms with E-state index in [2.05, 4.69) is 5.32 Å². The van der Waals surface area contributed by atoms with E-state index in [4.69, 9.17) is 9.47 Å². The zero-order valence-electron chi connectivity index (χ0n) is 20.2. The third-order valence-corrected chi connectivity index (χ3v) is 6.19. The molecule has 1 heterocycles. The minimum absolute atomic E-state index is 0.164. The number of hydrogen-bond donors (Lipinski definition) is 2. The Labute approximate surface area is 205 Å². The number of nitrogens with one attached hydrogen (secondary N) is 1. The van der Waals surface area contributed by atoms with Crippen molar-refractivity contribution < 1.29 is 19.4 Å². The number of phenolic OH excluding ortho intramolecular Hbond substituents is 1. The number of ether oxygens (including phenoxy) is 2. The maximum atomic E-state index is 13.3. The van der Waals surface area contributed by atoms with Crippen LogP contribution in [0, 0.1) is 0 Å². The van der Waals surface area contributed by atoms with Crippen LogP contribution < -0.4 is 14.8 Å². The van der Waals surface area contributed by atoms with Gasteiger partial charge in [0.2, 0.25) is 0 Å². The molecular weight excluding hydrogens is 438 g/mol. The largest absolute Gasteiger partial charge is 0.507 e. The van der Waals surface area contributed by atoms with E-state index in [0.717, 1.165) is 27.6 Å². The molecule has 5 nitrogen and oxygen atoms in total. The van der Waals surface area contributed by atoms with Crippen molar-refractivity contribution in [1.82, 2.24) is 5.32 Å². The number of rotatable bonds is 5. The van der Waals surface area contributed by atoms with Crippen molar-refractivity contribution in [3.63, 3.8) is 0 Å². The standard InChI is InChI=1S/C30H29NO4/c1-29(2,3)35-22-15-13-20(14-16-22)18-30(31-28(33)21-9-5-4-6-10-21)19-34-27-24-12-8-7-11-23(24)26(32)17-25(27)30/h4-17,32H,18-19H2,1-3H3,(H,31,33)/t30-/m0/s1. The highest BCUT2D eigenvalue weighted by Gasteiger charge is 2.43. The van der Waals surface area contributed by atoms with Crippen LogP contribution in [0.3, 0.4) is 0 Å². The van der Waals surface area contributed by atoms with Gasteiger partial charge in [-0.05, 0) is 56.7 Å². The number of amides is 1. The Bertz CT molecular complexity index is 1370. The first kappa shape index (κ1) is 22.8. The second-order valence-electron chi connectivity index (χ2n) is 10.0. The van der Waals surface area contributed by atoms with E-state index in [1.165, 1.54) is 0 Å². The van der Waals surface area contributed by atoms with Gasteiger partial charge in [-0.25, -0.2) is 0 Å². The monoisotopic (exact) mass is 467 g/mol. The van der Waals surface area contributed by atoms with E-state index in [1.54, 1.807) is 18.2 Å². The third kappa shape index (κ3) is 4.54. The fourth-order valence-electron chi connectivity index (χ4n) is 4.66. The Morgan fingerprint density at radius 3 is 2.31 bits per heavy atom. The van der Waals surface area contributed by atoms with Crippen LogP contribution in [-0.4, -0.2) is 23.2 Å². The fraction of sp³-hybridized carbons (Fsp3) is 0.233. The minimum atomic E-state index is -0.851. The van der Waals surface area contributed by atoms with Crippen molar-refractivity contribution in [1.29, 1.82) is 0 Å². The van der Waals surface area contributed by atoms with Gasteiger partial charge in [0.25, 0.3) is 5.91 Å². The predicted molar refractivity (Wildman–Crippen MR) is 137 cm³/mol. The van der Waals surface area contributed by atoms with Gasteiger partial charge in [-0.3, -0.25) is 4.79 Å². The normalized spacial score (nSPS) is 17.0. The lowest BCUT2D eigenvalue weighted by atomic mass is 9.84. The van der Waals surface area contributed by atoms with Gasteiger partial charge < -0.3 is 19.9 Å². The van der Waals surface area contributed by atoms with E-state index in [9.17, 15) is 9.90 Å². The van der Waals surface area contributed by atoms with Gasteiger partial charge in [0.05, 0.1) is 0 Å². The van der Waals surface area contributed by atoms with E-state index in [1.807, 2.05) is 87.5 Å². The Morgan fingerprint density at radius 2 is 1.63 bits per heavy atom. The fourth-order valence-corrected chi connectivity index (χ4v) is 4.66. The SMILES string of the molecule is CC(C)(C)Oc1ccc(C[C@]2(NC(=O)c3ccccc3)COc3c2cc(O)c2ccccc32)cc1. The van der Waals surface area contributed by atoms with Crippen molar-refractivity contribution in [2.75, 3.05) is 6.61 Å². The van der Waals surface area contributed by atoms with Gasteiger partial charge in [0, 0.05) is 28.3 Å². The molecule has 0 spiro atoms. The van der Waals surface area contributed by atoms with Gasteiger partial charge in [0.15, 0.2) is 0 Å². The van der Waals surface area contributed by atoms with Crippen LogP contribution in [0.25, 0.3) is 10.8 Å². The molecule has 2 N–H and O–H groups in total. The molecule has 0 aliphatic carbocycles. The molecule has 1 atom stereocenters. The number of phenols is 1. The molecule has 0 saturated heterocycles. The van der Waals surface area contributed by atoms with Crippen molar-refractivity contribution >= 4 is 16.7 Å². The predicted octanol–water partition coefficient (Wildman–Crippen LogP) is 5.98. The number of carbonyl (C=O) groups excluding carboxylic acids is 1. The highest BCUT2D eigenvalue weighted by atomic mass is 16.5. The highest BCUT2D eigenvalue weighted by molar-refractivity contribution is 5.97. The molecule has 0 radical (unpaired) electrons. The Hall–Kier alpha value is -3.99. The zero-order valence-corrected chi connectivity index (χ0v) is 20.2. The van der Waals surface area contributed by atoms with E-state index in [-0.39, 0.29) is 23.9 Å². The summed E-state index contributed by atoms with van der Waals surface area (Å²) < 4.78 is 12.2. The molecule has 0 bridgehead atoms. The van der Waals surface area contributed by atoms with Crippen LogP contribution in [0.4, 0.5) is 0 Å². The van der Waals surface area contributed by atoms with Gasteiger partial charge in [-0.15, -0.1) is 0 Å². The molecule has 1 amide bonds. The molecule has 4 aromatic carbocycles. The number of benzene rings is 4. The summed E-state index contributed by atoms with van der Waals surface area (Å²) in [6.07, 6.45) is 0.492. The molecule has 5 heteroatoms. The van der Waals surface area contributed by atoms with Crippen LogP contribution >= 0.6 is 0 Å². The van der Waals surface area contributed by atoms with Crippen LogP contribution in [0.1, 0.15) is 42.3 Å². The number of aromatic hydroxyl groups is 1. The molecule has 178 valence electrons. The van der Waals surface area contributed by atoms with E-state index < -0.39 is 5.54 Å². The van der Waals surface area contributed by atoms with Gasteiger partial charge in [-0.2, -0.15) is 0 Å². The molecular formula is C30H29NO4. The lowest BCUT2D eigenvalue weighted by Gasteiger charge is -2.30. The highest BCUT2D eigenvalue weighted by Crippen LogP contribution is 2.47. The summed E-state index contributed by atoms with van der Waals surface area (Å²) >= 11 is 0.